The molecule has 1 heterocycles. The molecule has 0 atom stereocenters. The molecule has 0 aliphatic rings. The van der Waals surface area contributed by atoms with E-state index in [4.69, 9.17) is 18.7 Å². The second-order valence-electron chi connectivity index (χ2n) is 4.77. The Morgan fingerprint density at radius 3 is 2.41 bits per heavy atom. The van der Waals surface area contributed by atoms with E-state index in [1.54, 1.807) is 21.3 Å². The van der Waals surface area contributed by atoms with Crippen LogP contribution >= 0.6 is 0 Å². The molecule has 1 aromatic heterocycles. The fourth-order valence-electron chi connectivity index (χ4n) is 2.37. The summed E-state index contributed by atoms with van der Waals surface area (Å²) in [6, 6.07) is 3.81. The second kappa shape index (κ2) is 7.06. The molecule has 2 rings (SSSR count). The van der Waals surface area contributed by atoms with Crippen LogP contribution in [0.15, 0.2) is 16.7 Å². The second-order valence-corrected chi connectivity index (χ2v) is 4.77. The molecule has 120 valence electrons. The summed E-state index contributed by atoms with van der Waals surface area (Å²) in [7, 11) is 4.81. The highest BCUT2D eigenvalue weighted by Gasteiger charge is 2.17. The van der Waals surface area contributed by atoms with E-state index in [1.807, 2.05) is 26.0 Å². The van der Waals surface area contributed by atoms with Crippen LogP contribution in [-0.4, -0.2) is 26.5 Å². The number of hydrogen-bond donors (Lipinski definition) is 1. The zero-order valence-electron chi connectivity index (χ0n) is 13.6. The van der Waals surface area contributed by atoms with Crippen molar-refractivity contribution in [3.63, 3.8) is 0 Å². The van der Waals surface area contributed by atoms with Crippen LogP contribution in [0.2, 0.25) is 0 Å². The highest BCUT2D eigenvalue weighted by atomic mass is 16.5. The number of hydrogen-bond acceptors (Lipinski definition) is 6. The number of aromatic nitrogens is 1. The molecule has 0 unspecified atom stereocenters. The molecule has 0 saturated carbocycles. The molecule has 1 N–H and O–H groups in total. The Kier molecular flexibility index (Phi) is 5.14. The third kappa shape index (κ3) is 2.95. The third-order valence-electron chi connectivity index (χ3n) is 3.50. The summed E-state index contributed by atoms with van der Waals surface area (Å²) in [5, 5.41) is 7.35. The smallest absolute Gasteiger partial charge is 0.203 e. The molecular weight excluding hydrogens is 284 g/mol. The first-order chi connectivity index (χ1) is 10.7. The number of rotatable bonds is 7. The van der Waals surface area contributed by atoms with Gasteiger partial charge in [-0.15, -0.1) is 0 Å². The van der Waals surface area contributed by atoms with Gasteiger partial charge in [0.25, 0.3) is 0 Å². The third-order valence-corrected chi connectivity index (χ3v) is 3.50. The van der Waals surface area contributed by atoms with Crippen LogP contribution < -0.4 is 19.5 Å². The van der Waals surface area contributed by atoms with Crippen molar-refractivity contribution in [2.75, 3.05) is 26.6 Å². The Labute approximate surface area is 130 Å². The molecule has 0 saturated heterocycles. The van der Waals surface area contributed by atoms with Crippen molar-refractivity contribution in [2.45, 2.75) is 26.8 Å². The summed E-state index contributed by atoms with van der Waals surface area (Å²) in [5.41, 5.74) is 2.73. The zero-order valence-corrected chi connectivity index (χ0v) is 13.6. The number of aryl methyl sites for hydroxylation is 2. The number of nitrogens with one attached hydrogen (secondary N) is 1. The summed E-state index contributed by atoms with van der Waals surface area (Å²) >= 11 is 0. The molecule has 1 aromatic carbocycles. The molecule has 0 radical (unpaired) electrons. The van der Waals surface area contributed by atoms with E-state index in [2.05, 4.69) is 10.5 Å². The van der Waals surface area contributed by atoms with E-state index >= 15 is 0 Å². The van der Waals surface area contributed by atoms with Gasteiger partial charge in [0.1, 0.15) is 11.4 Å². The molecule has 6 heteroatoms. The van der Waals surface area contributed by atoms with Gasteiger partial charge in [-0.2, -0.15) is 0 Å². The van der Waals surface area contributed by atoms with Crippen LogP contribution in [0.25, 0.3) is 0 Å². The lowest BCUT2D eigenvalue weighted by Gasteiger charge is -2.16. The summed E-state index contributed by atoms with van der Waals surface area (Å²) in [6.07, 6.45) is 0.784. The SMILES string of the molecule is CCc1onc(C)c1NCc1ccc(OC)c(OC)c1OC. The number of nitrogens with zero attached hydrogens (tertiary/aromatic N) is 1. The van der Waals surface area contributed by atoms with Crippen molar-refractivity contribution in [1.29, 1.82) is 0 Å². The molecule has 0 aliphatic heterocycles. The highest BCUT2D eigenvalue weighted by Crippen LogP contribution is 2.40. The molecule has 0 fully saturated rings. The van der Waals surface area contributed by atoms with Crippen LogP contribution in [0, 0.1) is 6.92 Å². The summed E-state index contributed by atoms with van der Waals surface area (Å²) in [4.78, 5) is 0. The van der Waals surface area contributed by atoms with Gasteiger partial charge in [0.2, 0.25) is 5.75 Å². The van der Waals surface area contributed by atoms with Crippen molar-refractivity contribution in [1.82, 2.24) is 5.16 Å². The van der Waals surface area contributed by atoms with E-state index in [9.17, 15) is 0 Å². The van der Waals surface area contributed by atoms with E-state index in [1.165, 1.54) is 0 Å². The first-order valence-corrected chi connectivity index (χ1v) is 7.13. The van der Waals surface area contributed by atoms with Gasteiger partial charge in [-0.05, 0) is 19.1 Å². The predicted octanol–water partition coefficient (Wildman–Crippen LogP) is 3.18. The van der Waals surface area contributed by atoms with Gasteiger partial charge in [0, 0.05) is 18.5 Å². The Balaban J connectivity index is 2.28. The van der Waals surface area contributed by atoms with Crippen molar-refractivity contribution in [3.8, 4) is 17.2 Å². The quantitative estimate of drug-likeness (QED) is 0.847. The summed E-state index contributed by atoms with van der Waals surface area (Å²) < 4.78 is 21.5. The van der Waals surface area contributed by atoms with Crippen molar-refractivity contribution < 1.29 is 18.7 Å². The number of methoxy groups -OCH3 is 3. The highest BCUT2D eigenvalue weighted by molar-refractivity contribution is 5.58. The minimum absolute atomic E-state index is 0.568. The molecule has 2 aromatic rings. The first kappa shape index (κ1) is 16.0. The largest absolute Gasteiger partial charge is 0.493 e. The molecule has 0 spiro atoms. The lowest BCUT2D eigenvalue weighted by atomic mass is 10.1. The maximum Gasteiger partial charge on any atom is 0.203 e. The summed E-state index contributed by atoms with van der Waals surface area (Å²) in [6.45, 7) is 4.51. The Morgan fingerprint density at radius 2 is 1.82 bits per heavy atom. The zero-order chi connectivity index (χ0) is 16.1. The van der Waals surface area contributed by atoms with Gasteiger partial charge in [-0.3, -0.25) is 0 Å². The minimum atomic E-state index is 0.568. The van der Waals surface area contributed by atoms with Crippen LogP contribution in [0.1, 0.15) is 23.9 Å². The monoisotopic (exact) mass is 306 g/mol. The molecule has 0 aliphatic carbocycles. The van der Waals surface area contributed by atoms with E-state index in [-0.39, 0.29) is 0 Å². The van der Waals surface area contributed by atoms with Gasteiger partial charge >= 0.3 is 0 Å². The Hall–Kier alpha value is -2.37. The fourth-order valence-corrected chi connectivity index (χ4v) is 2.37. The maximum absolute atomic E-state index is 5.48. The van der Waals surface area contributed by atoms with Gasteiger partial charge in [-0.25, -0.2) is 0 Å². The van der Waals surface area contributed by atoms with Gasteiger partial charge in [0.05, 0.1) is 21.3 Å². The number of anilines is 1. The average molecular weight is 306 g/mol. The van der Waals surface area contributed by atoms with E-state index in [0.29, 0.717) is 23.8 Å². The normalized spacial score (nSPS) is 10.4. The van der Waals surface area contributed by atoms with Crippen molar-refractivity contribution >= 4 is 5.69 Å². The first-order valence-electron chi connectivity index (χ1n) is 7.13. The Bertz CT molecular complexity index is 637. The van der Waals surface area contributed by atoms with Gasteiger partial charge < -0.3 is 24.1 Å². The molecule has 6 nitrogen and oxygen atoms in total. The van der Waals surface area contributed by atoms with Crippen LogP contribution in [-0.2, 0) is 13.0 Å². The molecule has 0 bridgehead atoms. The number of benzene rings is 1. The molecule has 22 heavy (non-hydrogen) atoms. The topological polar surface area (TPSA) is 65.8 Å². The van der Waals surface area contributed by atoms with Crippen LogP contribution in [0.4, 0.5) is 5.69 Å². The van der Waals surface area contributed by atoms with Crippen LogP contribution in [0.5, 0.6) is 17.2 Å². The standard InChI is InChI=1S/C16H22N2O4/c1-6-12-14(10(2)18-22-12)17-9-11-7-8-13(19-3)16(21-5)15(11)20-4/h7-8,17H,6,9H2,1-5H3. The average Bonchev–Trinajstić information content (AvgIpc) is 2.91. The maximum atomic E-state index is 5.48. The van der Waals surface area contributed by atoms with Crippen molar-refractivity contribution in [2.24, 2.45) is 0 Å². The predicted molar refractivity (Wildman–Crippen MR) is 84.0 cm³/mol. The Morgan fingerprint density at radius 1 is 1.09 bits per heavy atom. The minimum Gasteiger partial charge on any atom is -0.493 e. The van der Waals surface area contributed by atoms with Crippen molar-refractivity contribution in [3.05, 3.63) is 29.2 Å². The van der Waals surface area contributed by atoms with Gasteiger partial charge in [-0.1, -0.05) is 12.1 Å². The molecule has 0 amide bonds. The summed E-state index contributed by atoms with van der Waals surface area (Å²) in [5.74, 6) is 2.72. The number of ether oxygens (including phenoxy) is 3. The van der Waals surface area contributed by atoms with E-state index in [0.717, 1.165) is 29.1 Å². The van der Waals surface area contributed by atoms with E-state index < -0.39 is 0 Å². The fraction of sp³-hybridized carbons (Fsp3) is 0.438. The lowest BCUT2D eigenvalue weighted by molar-refractivity contribution is 0.322. The van der Waals surface area contributed by atoms with Gasteiger partial charge in [0.15, 0.2) is 17.3 Å². The molecular formula is C16H22N2O4. The lowest BCUT2D eigenvalue weighted by Crippen LogP contribution is -2.05. The van der Waals surface area contributed by atoms with Crippen LogP contribution in [0.3, 0.4) is 0 Å².